The number of rotatable bonds is 14. The normalized spacial score (nSPS) is 11.1. The number of aliphatic hydroxyl groups excluding tert-OH is 1. The number of benzene rings is 2. The summed E-state index contributed by atoms with van der Waals surface area (Å²) in [6.07, 6.45) is 2.01. The summed E-state index contributed by atoms with van der Waals surface area (Å²) >= 11 is 0. The van der Waals surface area contributed by atoms with Gasteiger partial charge in [-0.3, -0.25) is 9.59 Å². The van der Waals surface area contributed by atoms with Crippen LogP contribution in [0.2, 0.25) is 0 Å². The van der Waals surface area contributed by atoms with Crippen LogP contribution in [0.25, 0.3) is 11.0 Å². The molecular formula is C33H32F2N4O6. The highest BCUT2D eigenvalue weighted by molar-refractivity contribution is 6.06. The molecule has 3 aromatic rings. The van der Waals surface area contributed by atoms with E-state index in [1.54, 1.807) is 12.1 Å². The van der Waals surface area contributed by atoms with Crippen molar-refractivity contribution in [3.05, 3.63) is 70.0 Å². The van der Waals surface area contributed by atoms with Crippen LogP contribution in [0.3, 0.4) is 0 Å². The molecule has 0 fully saturated rings. The van der Waals surface area contributed by atoms with Gasteiger partial charge in [-0.25, -0.2) is 13.6 Å². The first-order valence-electron chi connectivity index (χ1n) is 14.3. The molecule has 234 valence electrons. The van der Waals surface area contributed by atoms with Crippen molar-refractivity contribution in [2.24, 2.45) is 0 Å². The number of esters is 1. The molecule has 3 rings (SSSR count). The van der Waals surface area contributed by atoms with Crippen molar-refractivity contribution in [2.75, 3.05) is 13.2 Å². The van der Waals surface area contributed by atoms with Gasteiger partial charge >= 0.3 is 5.97 Å². The number of aliphatic hydroxyl groups is 1. The molecule has 2 amide bonds. The van der Waals surface area contributed by atoms with Crippen LogP contribution in [0.4, 0.5) is 8.78 Å². The highest BCUT2D eigenvalue weighted by Gasteiger charge is 2.26. The van der Waals surface area contributed by atoms with Crippen molar-refractivity contribution in [2.45, 2.75) is 64.5 Å². The van der Waals surface area contributed by atoms with Crippen LogP contribution >= 0.6 is 0 Å². The molecule has 1 atom stereocenters. The minimum Gasteiger partial charge on any atom is -0.459 e. The predicted molar refractivity (Wildman–Crippen MR) is 158 cm³/mol. The number of amides is 2. The zero-order valence-corrected chi connectivity index (χ0v) is 24.7. The molecule has 0 bridgehead atoms. The van der Waals surface area contributed by atoms with Gasteiger partial charge in [0.1, 0.15) is 35.6 Å². The molecule has 12 heteroatoms. The maximum atomic E-state index is 13.7. The van der Waals surface area contributed by atoms with E-state index in [-0.39, 0.29) is 54.9 Å². The number of carbonyl (C=O) groups is 3. The second kappa shape index (κ2) is 17.1. The summed E-state index contributed by atoms with van der Waals surface area (Å²) in [6, 6.07) is 9.13. The molecule has 0 aliphatic rings. The van der Waals surface area contributed by atoms with E-state index in [0.29, 0.717) is 48.3 Å². The fraction of sp³-hybridized carbons (Fsp3) is 0.364. The van der Waals surface area contributed by atoms with Gasteiger partial charge in [0.25, 0.3) is 0 Å². The van der Waals surface area contributed by atoms with Crippen LogP contribution in [-0.2, 0) is 33.8 Å². The third-order valence-corrected chi connectivity index (χ3v) is 6.47. The van der Waals surface area contributed by atoms with Crippen LogP contribution < -0.4 is 10.6 Å². The maximum Gasteiger partial charge on any atom is 0.342 e. The minimum atomic E-state index is -1.02. The minimum absolute atomic E-state index is 0.0120. The van der Waals surface area contributed by atoms with Crippen LogP contribution in [0, 0.1) is 46.1 Å². The van der Waals surface area contributed by atoms with Crippen LogP contribution in [-0.4, -0.2) is 42.1 Å². The van der Waals surface area contributed by atoms with Crippen LogP contribution in [0.1, 0.15) is 71.8 Å². The standard InChI is InChI=1S/C33H32F2N4O6/c1-21(41)39-28(32(42)38-12-13-40)18-22-14-24(8-4-2-3-6-10-36)31-27(17-22)30(29(45-31)9-5-7-11-37)33(43)44-20-23-15-25(34)19-26(35)16-23/h14-17,19,28,40H,2-3,5-7,9,12-13,18,20H2,1H3,(H,38,42)(H,39,41)/t28-/m0/s1. The Morgan fingerprint density at radius 3 is 2.38 bits per heavy atom. The van der Waals surface area contributed by atoms with E-state index >= 15 is 0 Å². The van der Waals surface area contributed by atoms with Gasteiger partial charge in [-0.05, 0) is 48.2 Å². The Balaban J connectivity index is 2.12. The molecule has 0 saturated heterocycles. The second-order valence-corrected chi connectivity index (χ2v) is 10.1. The zero-order chi connectivity index (χ0) is 32.8. The summed E-state index contributed by atoms with van der Waals surface area (Å²) in [4.78, 5) is 38.2. The Bertz CT molecular complexity index is 1670. The van der Waals surface area contributed by atoms with Crippen molar-refractivity contribution in [3.63, 3.8) is 0 Å². The third kappa shape index (κ3) is 10.2. The van der Waals surface area contributed by atoms with Crippen molar-refractivity contribution in [1.82, 2.24) is 10.6 Å². The molecule has 3 N–H and O–H groups in total. The Morgan fingerprint density at radius 1 is 1.00 bits per heavy atom. The average molecular weight is 619 g/mol. The summed E-state index contributed by atoms with van der Waals surface area (Å²) < 4.78 is 39.0. The first-order chi connectivity index (χ1) is 21.7. The number of nitrogens with zero attached hydrogens (tertiary/aromatic N) is 2. The highest BCUT2D eigenvalue weighted by atomic mass is 19.1. The quantitative estimate of drug-likeness (QED) is 0.138. The number of aryl methyl sites for hydroxylation is 1. The Morgan fingerprint density at radius 2 is 1.71 bits per heavy atom. The van der Waals surface area contributed by atoms with E-state index in [4.69, 9.17) is 24.8 Å². The molecule has 0 unspecified atom stereocenters. The van der Waals surface area contributed by atoms with E-state index in [9.17, 15) is 23.2 Å². The SMILES string of the molecule is CC(=O)N[C@@H](Cc1cc(C#CCCCC#N)c2oc(CCCC#N)c(C(=O)OCc3cc(F)cc(F)c3)c2c1)C(=O)NCCO. The van der Waals surface area contributed by atoms with E-state index in [2.05, 4.69) is 28.5 Å². The topological polar surface area (TPSA) is 165 Å². The molecule has 0 aliphatic heterocycles. The lowest BCUT2D eigenvalue weighted by atomic mass is 9.98. The molecular weight excluding hydrogens is 586 g/mol. The Kier molecular flexibility index (Phi) is 13.0. The van der Waals surface area contributed by atoms with E-state index in [0.717, 1.165) is 12.1 Å². The summed E-state index contributed by atoms with van der Waals surface area (Å²) in [5.74, 6) is 2.75. The number of fused-ring (bicyclic) bond motifs is 1. The monoisotopic (exact) mass is 618 g/mol. The summed E-state index contributed by atoms with van der Waals surface area (Å²) in [5.41, 5.74) is 1.27. The van der Waals surface area contributed by atoms with E-state index in [1.807, 2.05) is 6.07 Å². The average Bonchev–Trinajstić information content (AvgIpc) is 3.36. The van der Waals surface area contributed by atoms with E-state index < -0.39 is 42.1 Å². The first-order valence-corrected chi connectivity index (χ1v) is 14.3. The Labute approximate surface area is 259 Å². The zero-order valence-electron chi connectivity index (χ0n) is 24.7. The van der Waals surface area contributed by atoms with Crippen LogP contribution in [0.5, 0.6) is 0 Å². The highest BCUT2D eigenvalue weighted by Crippen LogP contribution is 2.32. The van der Waals surface area contributed by atoms with Gasteiger partial charge in [0.05, 0.1) is 24.3 Å². The molecule has 1 heterocycles. The number of nitrogens with one attached hydrogen (secondary N) is 2. The van der Waals surface area contributed by atoms with Gasteiger partial charge in [0, 0.05) is 57.0 Å². The summed E-state index contributed by atoms with van der Waals surface area (Å²) in [5, 5.41) is 32.4. The summed E-state index contributed by atoms with van der Waals surface area (Å²) in [6.45, 7) is 0.508. The fourth-order valence-electron chi connectivity index (χ4n) is 4.57. The number of nitriles is 2. The lowest BCUT2D eigenvalue weighted by Gasteiger charge is -2.18. The number of hydrogen-bond donors (Lipinski definition) is 3. The molecule has 45 heavy (non-hydrogen) atoms. The number of furan rings is 1. The first kappa shape index (κ1) is 34.2. The number of ether oxygens (including phenoxy) is 1. The molecule has 0 saturated carbocycles. The molecule has 10 nitrogen and oxygen atoms in total. The number of halogens is 2. The van der Waals surface area contributed by atoms with E-state index in [1.165, 1.54) is 6.92 Å². The van der Waals surface area contributed by atoms with Gasteiger partial charge < -0.3 is 24.9 Å². The lowest BCUT2D eigenvalue weighted by Crippen LogP contribution is -2.48. The third-order valence-electron chi connectivity index (χ3n) is 6.47. The van der Waals surface area contributed by atoms with Gasteiger partial charge in [-0.2, -0.15) is 10.5 Å². The lowest BCUT2D eigenvalue weighted by molar-refractivity contribution is -0.128. The van der Waals surface area contributed by atoms with Gasteiger partial charge in [-0.15, -0.1) is 0 Å². The van der Waals surface area contributed by atoms with Crippen molar-refractivity contribution < 1.29 is 37.4 Å². The smallest absolute Gasteiger partial charge is 0.342 e. The number of unbranched alkanes of at least 4 members (excludes halogenated alkanes) is 3. The maximum absolute atomic E-state index is 13.7. The predicted octanol–water partition coefficient (Wildman–Crippen LogP) is 4.12. The van der Waals surface area contributed by atoms with Gasteiger partial charge in [0.2, 0.25) is 11.8 Å². The number of hydrogen-bond acceptors (Lipinski definition) is 8. The van der Waals surface area contributed by atoms with Crippen molar-refractivity contribution in [1.29, 1.82) is 10.5 Å². The summed E-state index contributed by atoms with van der Waals surface area (Å²) in [7, 11) is 0. The van der Waals surface area contributed by atoms with Crippen LogP contribution in [0.15, 0.2) is 34.7 Å². The molecule has 1 aromatic heterocycles. The molecule has 0 aliphatic carbocycles. The second-order valence-electron chi connectivity index (χ2n) is 10.1. The number of carbonyl (C=O) groups excluding carboxylic acids is 3. The molecule has 0 radical (unpaired) electrons. The largest absolute Gasteiger partial charge is 0.459 e. The van der Waals surface area contributed by atoms with Crippen molar-refractivity contribution in [3.8, 4) is 24.0 Å². The Hall–Kier alpha value is -5.25. The van der Waals surface area contributed by atoms with Gasteiger partial charge in [-0.1, -0.05) is 11.8 Å². The fourth-order valence-corrected chi connectivity index (χ4v) is 4.57. The van der Waals surface area contributed by atoms with Crippen molar-refractivity contribution >= 4 is 28.8 Å². The molecule has 2 aromatic carbocycles. The van der Waals surface area contributed by atoms with Gasteiger partial charge in [0.15, 0.2) is 5.58 Å². The molecule has 0 spiro atoms.